The highest BCUT2D eigenvalue weighted by Crippen LogP contribution is 2.28. The third-order valence-electron chi connectivity index (χ3n) is 4.57. The summed E-state index contributed by atoms with van der Waals surface area (Å²) in [7, 11) is -3.70. The quantitative estimate of drug-likeness (QED) is 0.643. The fourth-order valence-electron chi connectivity index (χ4n) is 3.07. The second kappa shape index (κ2) is 7.63. The van der Waals surface area contributed by atoms with Crippen molar-refractivity contribution in [2.45, 2.75) is 17.9 Å². The predicted octanol–water partition coefficient (Wildman–Crippen LogP) is 3.46. The minimum Gasteiger partial charge on any atom is -0.366 e. The Hall–Kier alpha value is -2.26. The van der Waals surface area contributed by atoms with Gasteiger partial charge in [0.25, 0.3) is 5.89 Å². The Balaban J connectivity index is 1.57. The largest absolute Gasteiger partial charge is 0.366 e. The highest BCUT2D eigenvalue weighted by Gasteiger charge is 2.34. The van der Waals surface area contributed by atoms with Crippen molar-refractivity contribution in [2.24, 2.45) is 0 Å². The second-order valence-electron chi connectivity index (χ2n) is 6.45. The molecule has 0 N–H and O–H groups in total. The summed E-state index contributed by atoms with van der Waals surface area (Å²) in [6.45, 7) is 2.52. The van der Waals surface area contributed by atoms with E-state index in [-0.39, 0.29) is 30.5 Å². The summed E-state index contributed by atoms with van der Waals surface area (Å²) in [4.78, 5) is 4.57. The van der Waals surface area contributed by atoms with E-state index >= 15 is 0 Å². The SMILES string of the molecule is Cc1ccccc1-c1noc(C2CN(S(=O)(=O)c3cccc(Cl)c3)CCO2)n1. The first-order chi connectivity index (χ1) is 13.4. The number of hydrogen-bond acceptors (Lipinski definition) is 6. The molecule has 1 aromatic heterocycles. The number of aryl methyl sites for hydroxylation is 1. The van der Waals surface area contributed by atoms with Crippen molar-refractivity contribution >= 4 is 21.6 Å². The molecule has 4 rings (SSSR count). The molecule has 0 bridgehead atoms. The minimum absolute atomic E-state index is 0.0876. The smallest absolute Gasteiger partial charge is 0.257 e. The number of hydrogen-bond donors (Lipinski definition) is 0. The number of rotatable bonds is 4. The topological polar surface area (TPSA) is 85.5 Å². The van der Waals surface area contributed by atoms with Crippen molar-refractivity contribution in [1.82, 2.24) is 14.4 Å². The molecule has 1 unspecified atom stereocenters. The van der Waals surface area contributed by atoms with Gasteiger partial charge in [-0.15, -0.1) is 0 Å². The molecule has 0 amide bonds. The van der Waals surface area contributed by atoms with Gasteiger partial charge in [0.05, 0.1) is 11.5 Å². The number of halogens is 1. The Kier molecular flexibility index (Phi) is 5.20. The average molecular weight is 420 g/mol. The van der Waals surface area contributed by atoms with Crippen molar-refractivity contribution in [1.29, 1.82) is 0 Å². The third kappa shape index (κ3) is 3.68. The Morgan fingerprint density at radius 1 is 1.18 bits per heavy atom. The van der Waals surface area contributed by atoms with Crippen LogP contribution in [0.15, 0.2) is 57.9 Å². The zero-order valence-electron chi connectivity index (χ0n) is 15.1. The Bertz CT molecular complexity index is 1100. The maximum Gasteiger partial charge on any atom is 0.257 e. The maximum atomic E-state index is 12.9. The molecule has 7 nitrogen and oxygen atoms in total. The van der Waals surface area contributed by atoms with E-state index in [1.807, 2.05) is 31.2 Å². The average Bonchev–Trinajstić information content (AvgIpc) is 3.18. The van der Waals surface area contributed by atoms with Gasteiger partial charge in [0.1, 0.15) is 0 Å². The molecule has 0 aliphatic carbocycles. The van der Waals surface area contributed by atoms with E-state index in [0.717, 1.165) is 11.1 Å². The van der Waals surface area contributed by atoms with E-state index in [1.54, 1.807) is 12.1 Å². The summed E-state index contributed by atoms with van der Waals surface area (Å²) in [5, 5.41) is 4.39. The fourth-order valence-corrected chi connectivity index (χ4v) is 4.80. The first-order valence-corrected chi connectivity index (χ1v) is 10.5. The van der Waals surface area contributed by atoms with E-state index in [4.69, 9.17) is 20.9 Å². The molecule has 1 aliphatic rings. The van der Waals surface area contributed by atoms with E-state index in [0.29, 0.717) is 10.8 Å². The number of nitrogens with zero attached hydrogens (tertiary/aromatic N) is 3. The molecule has 9 heteroatoms. The minimum atomic E-state index is -3.70. The number of aromatic nitrogens is 2. The molecule has 2 heterocycles. The summed E-state index contributed by atoms with van der Waals surface area (Å²) < 4.78 is 38.3. The van der Waals surface area contributed by atoms with Crippen LogP contribution in [0.4, 0.5) is 0 Å². The summed E-state index contributed by atoms with van der Waals surface area (Å²) in [5.74, 6) is 0.704. The first-order valence-electron chi connectivity index (χ1n) is 8.72. The number of ether oxygens (including phenoxy) is 1. The Labute approximate surface area is 167 Å². The molecule has 28 heavy (non-hydrogen) atoms. The lowest BCUT2D eigenvalue weighted by atomic mass is 10.1. The first kappa shape index (κ1) is 19.1. The predicted molar refractivity (Wildman–Crippen MR) is 103 cm³/mol. The molecule has 3 aromatic rings. The van der Waals surface area contributed by atoms with E-state index in [9.17, 15) is 8.42 Å². The molecule has 0 spiro atoms. The van der Waals surface area contributed by atoms with Gasteiger partial charge in [-0.3, -0.25) is 0 Å². The molecular formula is C19H18ClN3O4S. The van der Waals surface area contributed by atoms with Gasteiger partial charge in [0.15, 0.2) is 6.10 Å². The van der Waals surface area contributed by atoms with Gasteiger partial charge >= 0.3 is 0 Å². The fraction of sp³-hybridized carbons (Fsp3) is 0.263. The van der Waals surface area contributed by atoms with Gasteiger partial charge < -0.3 is 9.26 Å². The zero-order chi connectivity index (χ0) is 19.7. The molecule has 1 atom stereocenters. The number of sulfonamides is 1. The molecule has 1 aliphatic heterocycles. The van der Waals surface area contributed by atoms with E-state index < -0.39 is 16.1 Å². The van der Waals surface area contributed by atoms with Crippen LogP contribution >= 0.6 is 11.6 Å². The summed E-state index contributed by atoms with van der Waals surface area (Å²) >= 11 is 5.95. The van der Waals surface area contributed by atoms with Gasteiger partial charge in [0, 0.05) is 23.7 Å². The molecule has 1 fully saturated rings. The molecule has 1 saturated heterocycles. The zero-order valence-corrected chi connectivity index (χ0v) is 16.7. The van der Waals surface area contributed by atoms with Crippen molar-refractivity contribution in [2.75, 3.05) is 19.7 Å². The van der Waals surface area contributed by atoms with Gasteiger partial charge in [-0.05, 0) is 30.7 Å². The number of benzene rings is 2. The van der Waals surface area contributed by atoms with Crippen LogP contribution in [-0.4, -0.2) is 42.6 Å². The molecular weight excluding hydrogens is 402 g/mol. The van der Waals surface area contributed by atoms with Crippen LogP contribution in [0.25, 0.3) is 11.4 Å². The Morgan fingerprint density at radius 2 is 2.00 bits per heavy atom. The summed E-state index contributed by atoms with van der Waals surface area (Å²) in [6, 6.07) is 13.9. The maximum absolute atomic E-state index is 12.9. The lowest BCUT2D eigenvalue weighted by Crippen LogP contribution is -2.42. The van der Waals surface area contributed by atoms with Crippen LogP contribution in [0, 0.1) is 6.92 Å². The van der Waals surface area contributed by atoms with Gasteiger partial charge in [-0.25, -0.2) is 8.42 Å². The van der Waals surface area contributed by atoms with E-state index in [2.05, 4.69) is 10.1 Å². The summed E-state index contributed by atoms with van der Waals surface area (Å²) in [5.41, 5.74) is 1.88. The van der Waals surface area contributed by atoms with Crippen LogP contribution in [0.1, 0.15) is 17.6 Å². The molecule has 0 radical (unpaired) electrons. The van der Waals surface area contributed by atoms with Crippen LogP contribution in [0.5, 0.6) is 0 Å². The van der Waals surface area contributed by atoms with Gasteiger partial charge in [0.2, 0.25) is 15.8 Å². The number of morpholine rings is 1. The molecule has 146 valence electrons. The molecule has 2 aromatic carbocycles. The normalized spacial score (nSPS) is 18.3. The van der Waals surface area contributed by atoms with Gasteiger partial charge in [-0.1, -0.05) is 47.1 Å². The highest BCUT2D eigenvalue weighted by atomic mass is 35.5. The van der Waals surface area contributed by atoms with Crippen LogP contribution in [0.3, 0.4) is 0 Å². The molecule has 0 saturated carbocycles. The van der Waals surface area contributed by atoms with Crippen molar-refractivity contribution in [3.8, 4) is 11.4 Å². The van der Waals surface area contributed by atoms with Gasteiger partial charge in [-0.2, -0.15) is 9.29 Å². The lowest BCUT2D eigenvalue weighted by Gasteiger charge is -2.30. The van der Waals surface area contributed by atoms with Crippen LogP contribution in [0.2, 0.25) is 5.02 Å². The van der Waals surface area contributed by atoms with Crippen LogP contribution in [-0.2, 0) is 14.8 Å². The monoisotopic (exact) mass is 419 g/mol. The van der Waals surface area contributed by atoms with Crippen molar-refractivity contribution in [3.63, 3.8) is 0 Å². The van der Waals surface area contributed by atoms with Crippen LogP contribution < -0.4 is 0 Å². The second-order valence-corrected chi connectivity index (χ2v) is 8.83. The van der Waals surface area contributed by atoms with E-state index in [1.165, 1.54) is 16.4 Å². The standard InChI is InChI=1S/C19H18ClN3O4S/c1-13-5-2-3-8-16(13)18-21-19(27-22-18)17-12-23(9-10-26-17)28(24,25)15-7-4-6-14(20)11-15/h2-8,11,17H,9-10,12H2,1H3. The highest BCUT2D eigenvalue weighted by molar-refractivity contribution is 7.89. The third-order valence-corrected chi connectivity index (χ3v) is 6.66. The van der Waals surface area contributed by atoms with Crippen molar-refractivity contribution < 1.29 is 17.7 Å². The van der Waals surface area contributed by atoms with Crippen molar-refractivity contribution in [3.05, 3.63) is 65.0 Å². The Morgan fingerprint density at radius 3 is 2.79 bits per heavy atom. The lowest BCUT2D eigenvalue weighted by molar-refractivity contribution is -0.0199. The summed E-state index contributed by atoms with van der Waals surface area (Å²) in [6.07, 6.45) is -0.632.